The molecule has 0 radical (unpaired) electrons. The summed E-state index contributed by atoms with van der Waals surface area (Å²) in [6.45, 7) is 4.54. The Hall–Kier alpha value is -1.32. The minimum Gasteiger partial charge on any atom is -0.347 e. The molecule has 15 heavy (non-hydrogen) atoms. The van der Waals surface area contributed by atoms with Crippen molar-refractivity contribution in [3.8, 4) is 0 Å². The van der Waals surface area contributed by atoms with Gasteiger partial charge >= 0.3 is 0 Å². The van der Waals surface area contributed by atoms with Crippen molar-refractivity contribution in [1.82, 2.24) is 9.80 Å². The summed E-state index contributed by atoms with van der Waals surface area (Å²) in [5.74, 6) is -0.157. The Balaban J connectivity index is 4.39. The second-order valence-electron chi connectivity index (χ2n) is 3.55. The molecule has 0 heterocycles. The molecule has 0 saturated carbocycles. The van der Waals surface area contributed by atoms with Gasteiger partial charge in [-0.1, -0.05) is 13.0 Å². The monoisotopic (exact) mass is 212 g/mol. The summed E-state index contributed by atoms with van der Waals surface area (Å²) < 4.78 is 0. The summed E-state index contributed by atoms with van der Waals surface area (Å²) >= 11 is 0. The first-order valence-corrected chi connectivity index (χ1v) is 5.14. The molecule has 0 aromatic carbocycles. The number of hydrogen-bond acceptors (Lipinski definition) is 2. The van der Waals surface area contributed by atoms with Gasteiger partial charge in [-0.15, -0.1) is 0 Å². The van der Waals surface area contributed by atoms with Crippen LogP contribution >= 0.6 is 0 Å². The zero-order valence-electron chi connectivity index (χ0n) is 9.99. The second kappa shape index (κ2) is 7.04. The minimum atomic E-state index is -0.102. The van der Waals surface area contributed by atoms with E-state index >= 15 is 0 Å². The molecule has 4 nitrogen and oxygen atoms in total. The zero-order valence-corrected chi connectivity index (χ0v) is 9.99. The van der Waals surface area contributed by atoms with E-state index in [1.165, 1.54) is 11.0 Å². The highest BCUT2D eigenvalue weighted by atomic mass is 16.2. The molecule has 0 N–H and O–H groups in total. The third-order valence-corrected chi connectivity index (χ3v) is 1.94. The Bertz CT molecular complexity index is 247. The standard InChI is InChI=1S/C11H20N2O2/c1-5-7-10(14)13(8-6-2)9-11(15)12(3)4/h5,7H,6,8-9H2,1-4H3. The molecule has 86 valence electrons. The molecule has 0 bridgehead atoms. The Kier molecular flexibility index (Phi) is 6.42. The molecule has 4 heteroatoms. The van der Waals surface area contributed by atoms with E-state index in [-0.39, 0.29) is 18.4 Å². The average molecular weight is 212 g/mol. The van der Waals surface area contributed by atoms with E-state index in [4.69, 9.17) is 0 Å². The lowest BCUT2D eigenvalue weighted by atomic mass is 10.3. The van der Waals surface area contributed by atoms with Gasteiger partial charge in [0.1, 0.15) is 0 Å². The number of carbonyl (C=O) groups excluding carboxylic acids is 2. The van der Waals surface area contributed by atoms with E-state index in [0.717, 1.165) is 6.42 Å². The van der Waals surface area contributed by atoms with Gasteiger partial charge in [0.25, 0.3) is 0 Å². The first kappa shape index (κ1) is 13.7. The van der Waals surface area contributed by atoms with E-state index in [9.17, 15) is 9.59 Å². The molecule has 0 saturated heterocycles. The number of likely N-dealkylation sites (N-methyl/N-ethyl adjacent to an activating group) is 1. The van der Waals surface area contributed by atoms with Crippen LogP contribution in [-0.2, 0) is 9.59 Å². The van der Waals surface area contributed by atoms with Crippen molar-refractivity contribution < 1.29 is 9.59 Å². The van der Waals surface area contributed by atoms with Crippen LogP contribution in [0.5, 0.6) is 0 Å². The summed E-state index contributed by atoms with van der Waals surface area (Å²) in [7, 11) is 3.37. The SMILES string of the molecule is CC=CC(=O)N(CCC)CC(=O)N(C)C. The number of nitrogens with zero attached hydrogens (tertiary/aromatic N) is 2. The third kappa shape index (κ3) is 5.20. The largest absolute Gasteiger partial charge is 0.347 e. The van der Waals surface area contributed by atoms with Crippen LogP contribution in [0, 0.1) is 0 Å². The quantitative estimate of drug-likeness (QED) is 0.635. The van der Waals surface area contributed by atoms with Crippen LogP contribution in [0.2, 0.25) is 0 Å². The van der Waals surface area contributed by atoms with Crippen molar-refractivity contribution in [2.24, 2.45) is 0 Å². The summed E-state index contributed by atoms with van der Waals surface area (Å²) in [6.07, 6.45) is 4.02. The van der Waals surface area contributed by atoms with Gasteiger partial charge in [-0.2, -0.15) is 0 Å². The van der Waals surface area contributed by atoms with E-state index < -0.39 is 0 Å². The van der Waals surface area contributed by atoms with Gasteiger partial charge in [0, 0.05) is 20.6 Å². The van der Waals surface area contributed by atoms with Crippen molar-refractivity contribution >= 4 is 11.8 Å². The fraction of sp³-hybridized carbons (Fsp3) is 0.636. The van der Waals surface area contributed by atoms with E-state index in [1.54, 1.807) is 32.0 Å². The topological polar surface area (TPSA) is 40.6 Å². The number of rotatable bonds is 5. The summed E-state index contributed by atoms with van der Waals surface area (Å²) in [5.41, 5.74) is 0. The molecule has 0 aliphatic carbocycles. The Morgan fingerprint density at radius 3 is 2.27 bits per heavy atom. The van der Waals surface area contributed by atoms with Gasteiger partial charge in [0.05, 0.1) is 6.54 Å². The number of carbonyl (C=O) groups is 2. The maximum atomic E-state index is 11.6. The fourth-order valence-corrected chi connectivity index (χ4v) is 1.09. The minimum absolute atomic E-state index is 0.0543. The Morgan fingerprint density at radius 2 is 1.87 bits per heavy atom. The molecule has 0 atom stereocenters. The molecule has 0 spiro atoms. The highest BCUT2D eigenvalue weighted by molar-refractivity contribution is 5.91. The van der Waals surface area contributed by atoms with Gasteiger partial charge in [0.15, 0.2) is 0 Å². The molecule has 0 fully saturated rings. The van der Waals surface area contributed by atoms with Gasteiger partial charge in [-0.3, -0.25) is 9.59 Å². The lowest BCUT2D eigenvalue weighted by molar-refractivity contribution is -0.136. The van der Waals surface area contributed by atoms with Crippen LogP contribution in [0.15, 0.2) is 12.2 Å². The maximum absolute atomic E-state index is 11.6. The predicted molar refractivity (Wildman–Crippen MR) is 60.4 cm³/mol. The summed E-state index contributed by atoms with van der Waals surface area (Å²) in [4.78, 5) is 26.1. The highest BCUT2D eigenvalue weighted by Gasteiger charge is 2.14. The lowest BCUT2D eigenvalue weighted by Gasteiger charge is -2.21. The third-order valence-electron chi connectivity index (χ3n) is 1.94. The van der Waals surface area contributed by atoms with E-state index in [0.29, 0.717) is 6.54 Å². The smallest absolute Gasteiger partial charge is 0.246 e. The fourth-order valence-electron chi connectivity index (χ4n) is 1.09. The van der Waals surface area contributed by atoms with Crippen LogP contribution in [0.25, 0.3) is 0 Å². The van der Waals surface area contributed by atoms with Crippen molar-refractivity contribution in [3.05, 3.63) is 12.2 Å². The lowest BCUT2D eigenvalue weighted by Crippen LogP contribution is -2.39. The normalized spacial score (nSPS) is 10.4. The van der Waals surface area contributed by atoms with Gasteiger partial charge in [-0.25, -0.2) is 0 Å². The molecule has 2 amide bonds. The van der Waals surface area contributed by atoms with Crippen LogP contribution in [0.4, 0.5) is 0 Å². The zero-order chi connectivity index (χ0) is 11.8. The number of allylic oxidation sites excluding steroid dienone is 1. The van der Waals surface area contributed by atoms with Crippen molar-refractivity contribution in [3.63, 3.8) is 0 Å². The first-order valence-electron chi connectivity index (χ1n) is 5.14. The molecule has 0 aliphatic rings. The Labute approximate surface area is 91.5 Å². The molecule has 0 aliphatic heterocycles. The first-order chi connectivity index (χ1) is 7.02. The molecule has 0 unspecified atom stereocenters. The number of amides is 2. The molecule has 0 rings (SSSR count). The molecule has 0 aromatic heterocycles. The molecule has 0 aromatic rings. The van der Waals surface area contributed by atoms with Crippen molar-refractivity contribution in [1.29, 1.82) is 0 Å². The second-order valence-corrected chi connectivity index (χ2v) is 3.55. The van der Waals surface area contributed by atoms with E-state index in [1.807, 2.05) is 6.92 Å². The highest BCUT2D eigenvalue weighted by Crippen LogP contribution is 1.96. The predicted octanol–water partition coefficient (Wildman–Crippen LogP) is 0.889. The van der Waals surface area contributed by atoms with Crippen LogP contribution in [-0.4, -0.2) is 48.8 Å². The van der Waals surface area contributed by atoms with Crippen LogP contribution in [0.1, 0.15) is 20.3 Å². The van der Waals surface area contributed by atoms with Gasteiger partial charge in [0.2, 0.25) is 11.8 Å². The number of hydrogen-bond donors (Lipinski definition) is 0. The van der Waals surface area contributed by atoms with Crippen LogP contribution < -0.4 is 0 Å². The molecular formula is C11H20N2O2. The van der Waals surface area contributed by atoms with E-state index in [2.05, 4.69) is 0 Å². The average Bonchev–Trinajstić information content (AvgIpc) is 2.17. The summed E-state index contributed by atoms with van der Waals surface area (Å²) in [6, 6.07) is 0. The van der Waals surface area contributed by atoms with Crippen molar-refractivity contribution in [2.45, 2.75) is 20.3 Å². The summed E-state index contributed by atoms with van der Waals surface area (Å²) in [5, 5.41) is 0. The van der Waals surface area contributed by atoms with Crippen molar-refractivity contribution in [2.75, 3.05) is 27.2 Å². The molecular weight excluding hydrogens is 192 g/mol. The van der Waals surface area contributed by atoms with Crippen LogP contribution in [0.3, 0.4) is 0 Å². The van der Waals surface area contributed by atoms with Gasteiger partial charge in [-0.05, 0) is 19.4 Å². The Morgan fingerprint density at radius 1 is 1.27 bits per heavy atom. The van der Waals surface area contributed by atoms with Gasteiger partial charge < -0.3 is 9.80 Å². The maximum Gasteiger partial charge on any atom is 0.246 e.